The zero-order valence-electron chi connectivity index (χ0n) is 17.7. The van der Waals surface area contributed by atoms with E-state index in [4.69, 9.17) is 32.4 Å². The Kier molecular flexibility index (Phi) is 14.0. The van der Waals surface area contributed by atoms with Crippen LogP contribution >= 0.6 is 48.0 Å². The molecule has 0 amide bonds. The number of carbonyl (C=O) groups excluding carboxylic acids is 1. The molecule has 2 aromatic rings. The SMILES string of the molecule is CCN(CC)CCOC(=O)c1c(C)oc2c(Cl)c(Cl)c(O)c(CN(C)C)c12.Cl.Cl.O. The van der Waals surface area contributed by atoms with Crippen molar-refractivity contribution < 1.29 is 24.5 Å². The summed E-state index contributed by atoms with van der Waals surface area (Å²) in [6, 6.07) is 0. The molecule has 0 fully saturated rings. The van der Waals surface area contributed by atoms with Gasteiger partial charge in [0.2, 0.25) is 0 Å². The summed E-state index contributed by atoms with van der Waals surface area (Å²) < 4.78 is 11.2. The van der Waals surface area contributed by atoms with Gasteiger partial charge in [0.25, 0.3) is 0 Å². The van der Waals surface area contributed by atoms with Crippen LogP contribution in [0.5, 0.6) is 5.75 Å². The maximum atomic E-state index is 12.8. The number of hydrogen-bond acceptors (Lipinski definition) is 6. The minimum Gasteiger partial charge on any atom is -0.506 e. The molecule has 0 atom stereocenters. The van der Waals surface area contributed by atoms with Gasteiger partial charge in [0.1, 0.15) is 33.7 Å². The topological polar surface area (TPSA) is 97.6 Å². The van der Waals surface area contributed by atoms with Crippen LogP contribution in [-0.4, -0.2) is 66.7 Å². The maximum absolute atomic E-state index is 12.8. The van der Waals surface area contributed by atoms with Gasteiger partial charge in [-0.25, -0.2) is 4.79 Å². The van der Waals surface area contributed by atoms with Gasteiger partial charge >= 0.3 is 5.97 Å². The highest BCUT2D eigenvalue weighted by molar-refractivity contribution is 6.46. The summed E-state index contributed by atoms with van der Waals surface area (Å²) in [6.45, 7) is 8.83. The Morgan fingerprint density at radius 2 is 1.70 bits per heavy atom. The Hall–Kier alpha value is -0.930. The molecule has 0 aliphatic carbocycles. The number of hydrogen-bond donors (Lipinski definition) is 1. The molecule has 1 heterocycles. The second-order valence-electron chi connectivity index (χ2n) is 6.59. The average molecular weight is 508 g/mol. The minimum absolute atomic E-state index is 0. The summed E-state index contributed by atoms with van der Waals surface area (Å²) in [7, 11) is 3.70. The molecule has 0 radical (unpaired) electrons. The number of rotatable bonds is 8. The Bertz CT molecular complexity index is 838. The van der Waals surface area contributed by atoms with Crippen molar-refractivity contribution in [1.29, 1.82) is 0 Å². The third-order valence-electron chi connectivity index (χ3n) is 4.49. The lowest BCUT2D eigenvalue weighted by atomic mass is 10.0. The minimum atomic E-state index is -0.504. The molecule has 0 aliphatic heterocycles. The molecular weight excluding hydrogens is 478 g/mol. The number of fused-ring (bicyclic) bond motifs is 1. The second kappa shape index (κ2) is 13.5. The van der Waals surface area contributed by atoms with Gasteiger partial charge in [0.05, 0.1) is 0 Å². The summed E-state index contributed by atoms with van der Waals surface area (Å²) in [4.78, 5) is 16.8. The number of aryl methyl sites for hydroxylation is 1. The molecule has 0 bridgehead atoms. The fourth-order valence-corrected chi connectivity index (χ4v) is 3.46. The molecule has 1 aromatic heterocycles. The molecule has 0 saturated carbocycles. The van der Waals surface area contributed by atoms with E-state index in [0.29, 0.717) is 29.8 Å². The zero-order chi connectivity index (χ0) is 20.3. The number of esters is 1. The first kappa shape index (κ1) is 31.3. The highest BCUT2D eigenvalue weighted by Gasteiger charge is 2.28. The van der Waals surface area contributed by atoms with Crippen molar-refractivity contribution in [2.24, 2.45) is 0 Å². The van der Waals surface area contributed by atoms with Gasteiger partial charge in [0.15, 0.2) is 5.58 Å². The first-order valence-corrected chi connectivity index (χ1v) is 9.64. The standard InChI is InChI=1S/C19H26Cl2N2O4.2ClH.H2O/c1-6-23(7-2)8-9-26-19(25)13-11(3)27-18-14(13)12(10-22(4)5)17(24)15(20)16(18)21;;;/h24H,6-10H2,1-5H3;2*1H;1H2. The van der Waals surface area contributed by atoms with Gasteiger partial charge in [0, 0.05) is 24.0 Å². The number of aromatic hydroxyl groups is 1. The van der Waals surface area contributed by atoms with E-state index >= 15 is 0 Å². The van der Waals surface area contributed by atoms with Crippen molar-refractivity contribution in [2.75, 3.05) is 40.3 Å². The van der Waals surface area contributed by atoms with Crippen LogP contribution in [0.2, 0.25) is 10.0 Å². The van der Waals surface area contributed by atoms with Gasteiger partial charge in [-0.05, 0) is 34.1 Å². The number of furan rings is 1. The third-order valence-corrected chi connectivity index (χ3v) is 5.31. The fraction of sp³-hybridized carbons (Fsp3) is 0.526. The van der Waals surface area contributed by atoms with E-state index in [-0.39, 0.29) is 63.8 Å². The number of ether oxygens (including phenoxy) is 1. The predicted molar refractivity (Wildman–Crippen MR) is 126 cm³/mol. The van der Waals surface area contributed by atoms with Crippen LogP contribution in [0.3, 0.4) is 0 Å². The van der Waals surface area contributed by atoms with Gasteiger partial charge in [-0.2, -0.15) is 0 Å². The molecule has 174 valence electrons. The molecule has 30 heavy (non-hydrogen) atoms. The normalized spacial score (nSPS) is 10.6. The number of halogens is 4. The van der Waals surface area contributed by atoms with E-state index in [1.807, 2.05) is 19.0 Å². The smallest absolute Gasteiger partial charge is 0.342 e. The molecule has 0 saturated heterocycles. The van der Waals surface area contributed by atoms with E-state index < -0.39 is 5.97 Å². The van der Waals surface area contributed by atoms with E-state index in [1.54, 1.807) is 6.92 Å². The molecule has 0 unspecified atom stereocenters. The van der Waals surface area contributed by atoms with Crippen molar-refractivity contribution in [3.05, 3.63) is 26.9 Å². The largest absolute Gasteiger partial charge is 0.506 e. The Balaban J connectivity index is 0. The summed E-state index contributed by atoms with van der Waals surface area (Å²) in [5, 5.41) is 11.0. The molecule has 7 nitrogen and oxygen atoms in total. The Labute approximate surface area is 199 Å². The van der Waals surface area contributed by atoms with Crippen LogP contribution in [-0.2, 0) is 11.3 Å². The van der Waals surface area contributed by atoms with Crippen molar-refractivity contribution in [3.63, 3.8) is 0 Å². The van der Waals surface area contributed by atoms with Gasteiger partial charge in [-0.15, -0.1) is 24.8 Å². The maximum Gasteiger partial charge on any atom is 0.342 e. The molecule has 2 rings (SSSR count). The van der Waals surface area contributed by atoms with Crippen LogP contribution in [0, 0.1) is 6.92 Å². The first-order chi connectivity index (χ1) is 12.7. The number of carbonyl (C=O) groups is 1. The van der Waals surface area contributed by atoms with Crippen molar-refractivity contribution in [3.8, 4) is 5.75 Å². The number of benzene rings is 1. The molecule has 3 N–H and O–H groups in total. The van der Waals surface area contributed by atoms with Crippen LogP contribution in [0.4, 0.5) is 0 Å². The van der Waals surface area contributed by atoms with E-state index in [0.717, 1.165) is 13.1 Å². The van der Waals surface area contributed by atoms with E-state index in [9.17, 15) is 9.90 Å². The number of phenols is 1. The number of nitrogens with zero attached hydrogens (tertiary/aromatic N) is 2. The van der Waals surface area contributed by atoms with Gasteiger partial charge in [-0.3, -0.25) is 0 Å². The lowest BCUT2D eigenvalue weighted by Crippen LogP contribution is -2.28. The Morgan fingerprint density at radius 3 is 2.20 bits per heavy atom. The van der Waals surface area contributed by atoms with E-state index in [2.05, 4.69) is 18.7 Å². The summed E-state index contributed by atoms with van der Waals surface area (Å²) in [5.41, 5.74) is 1.04. The van der Waals surface area contributed by atoms with Crippen molar-refractivity contribution in [2.45, 2.75) is 27.3 Å². The van der Waals surface area contributed by atoms with E-state index in [1.165, 1.54) is 0 Å². The van der Waals surface area contributed by atoms with Crippen LogP contribution in [0.25, 0.3) is 11.0 Å². The van der Waals surface area contributed by atoms with Crippen LogP contribution < -0.4 is 0 Å². The molecule has 0 aliphatic rings. The second-order valence-corrected chi connectivity index (χ2v) is 7.35. The summed E-state index contributed by atoms with van der Waals surface area (Å²) >= 11 is 12.4. The first-order valence-electron chi connectivity index (χ1n) is 8.88. The van der Waals surface area contributed by atoms with Crippen LogP contribution in [0.1, 0.15) is 35.5 Å². The summed E-state index contributed by atoms with van der Waals surface area (Å²) in [6.07, 6.45) is 0. The molecule has 0 spiro atoms. The van der Waals surface area contributed by atoms with Crippen molar-refractivity contribution in [1.82, 2.24) is 9.80 Å². The Morgan fingerprint density at radius 1 is 1.13 bits per heavy atom. The number of phenolic OH excluding ortho intramolecular Hbond substituents is 1. The lowest BCUT2D eigenvalue weighted by Gasteiger charge is -2.18. The highest BCUT2D eigenvalue weighted by atomic mass is 35.5. The molecule has 11 heteroatoms. The predicted octanol–water partition coefficient (Wildman–Crippen LogP) is 4.33. The van der Waals surface area contributed by atoms with Gasteiger partial charge in [-0.1, -0.05) is 37.0 Å². The van der Waals surface area contributed by atoms with Gasteiger partial charge < -0.3 is 29.5 Å². The fourth-order valence-electron chi connectivity index (χ4n) is 3.04. The molecule has 1 aromatic carbocycles. The van der Waals surface area contributed by atoms with Crippen LogP contribution in [0.15, 0.2) is 4.42 Å². The lowest BCUT2D eigenvalue weighted by molar-refractivity contribution is 0.0466. The average Bonchev–Trinajstić information content (AvgIpc) is 2.97. The quantitative estimate of drug-likeness (QED) is 0.534. The van der Waals surface area contributed by atoms with Crippen molar-refractivity contribution >= 4 is 65.0 Å². The third kappa shape index (κ3) is 6.53. The molecular formula is C19H30Cl4N2O5. The monoisotopic (exact) mass is 506 g/mol. The summed E-state index contributed by atoms with van der Waals surface area (Å²) in [5.74, 6) is -0.279. The number of likely N-dealkylation sites (N-methyl/N-ethyl adjacent to an activating group) is 1. The zero-order valence-corrected chi connectivity index (χ0v) is 20.8. The highest BCUT2D eigenvalue weighted by Crippen LogP contribution is 2.45.